The van der Waals surface area contributed by atoms with Gasteiger partial charge in [0, 0.05) is 30.1 Å². The standard InChI is InChI=1S/C22H23N3O3/c1-15-7-12-19(18-5-3-13-23-21(15)18)25-20(26)6-4-14-24-22(27)16-8-10-17(28-2)11-9-16/h3,5,7-13H,4,6,14H2,1-2H3,(H,24,27)(H,25,26). The van der Waals surface area contributed by atoms with Crippen molar-refractivity contribution < 1.29 is 14.3 Å². The minimum absolute atomic E-state index is 0.0901. The van der Waals surface area contributed by atoms with E-state index in [1.807, 2.05) is 31.2 Å². The minimum Gasteiger partial charge on any atom is -0.497 e. The molecule has 0 spiro atoms. The third-order valence-corrected chi connectivity index (χ3v) is 4.46. The number of anilines is 1. The summed E-state index contributed by atoms with van der Waals surface area (Å²) in [5, 5.41) is 6.68. The van der Waals surface area contributed by atoms with Crippen molar-refractivity contribution in [3.8, 4) is 5.75 Å². The highest BCUT2D eigenvalue weighted by atomic mass is 16.5. The number of rotatable bonds is 7. The Hall–Kier alpha value is -3.41. The first kappa shape index (κ1) is 19.4. The Morgan fingerprint density at radius 3 is 2.61 bits per heavy atom. The Kier molecular flexibility index (Phi) is 6.22. The summed E-state index contributed by atoms with van der Waals surface area (Å²) in [6.07, 6.45) is 2.61. The highest BCUT2D eigenvalue weighted by Gasteiger charge is 2.09. The molecule has 144 valence electrons. The molecule has 2 N–H and O–H groups in total. The second-order valence-electron chi connectivity index (χ2n) is 6.47. The van der Waals surface area contributed by atoms with Crippen LogP contribution in [-0.4, -0.2) is 30.5 Å². The maximum atomic E-state index is 12.3. The van der Waals surface area contributed by atoms with Crippen molar-refractivity contribution in [2.75, 3.05) is 19.0 Å². The second kappa shape index (κ2) is 8.99. The molecule has 0 bridgehead atoms. The van der Waals surface area contributed by atoms with E-state index in [-0.39, 0.29) is 11.8 Å². The van der Waals surface area contributed by atoms with Gasteiger partial charge in [0.1, 0.15) is 5.75 Å². The summed E-state index contributed by atoms with van der Waals surface area (Å²) in [4.78, 5) is 28.7. The maximum Gasteiger partial charge on any atom is 0.251 e. The van der Waals surface area contributed by atoms with Crippen LogP contribution in [-0.2, 0) is 4.79 Å². The Labute approximate surface area is 163 Å². The largest absolute Gasteiger partial charge is 0.497 e. The fourth-order valence-corrected chi connectivity index (χ4v) is 2.93. The lowest BCUT2D eigenvalue weighted by atomic mass is 10.1. The normalized spacial score (nSPS) is 10.5. The zero-order valence-electron chi connectivity index (χ0n) is 16.0. The van der Waals surface area contributed by atoms with Crippen molar-refractivity contribution in [3.63, 3.8) is 0 Å². The molecule has 0 atom stereocenters. The lowest BCUT2D eigenvalue weighted by Gasteiger charge is -2.10. The van der Waals surface area contributed by atoms with E-state index in [2.05, 4.69) is 15.6 Å². The molecule has 0 saturated heterocycles. The van der Waals surface area contributed by atoms with Gasteiger partial charge < -0.3 is 15.4 Å². The number of hydrogen-bond acceptors (Lipinski definition) is 4. The number of carbonyl (C=O) groups is 2. The highest BCUT2D eigenvalue weighted by molar-refractivity contribution is 6.01. The first-order chi connectivity index (χ1) is 13.6. The molecule has 2 amide bonds. The average Bonchev–Trinajstić information content (AvgIpc) is 2.73. The number of fused-ring (bicyclic) bond motifs is 1. The maximum absolute atomic E-state index is 12.3. The zero-order chi connectivity index (χ0) is 19.9. The van der Waals surface area contributed by atoms with Gasteiger partial charge in [0.15, 0.2) is 0 Å². The molecule has 0 radical (unpaired) electrons. The number of methoxy groups -OCH3 is 1. The average molecular weight is 377 g/mol. The number of aryl methyl sites for hydroxylation is 1. The first-order valence-corrected chi connectivity index (χ1v) is 9.15. The number of pyridine rings is 1. The van der Waals surface area contributed by atoms with Crippen molar-refractivity contribution in [3.05, 3.63) is 65.9 Å². The number of ether oxygens (including phenoxy) is 1. The van der Waals surface area contributed by atoms with Crippen LogP contribution in [0.2, 0.25) is 0 Å². The quantitative estimate of drug-likeness (QED) is 0.615. The lowest BCUT2D eigenvalue weighted by molar-refractivity contribution is -0.116. The van der Waals surface area contributed by atoms with E-state index >= 15 is 0 Å². The van der Waals surface area contributed by atoms with Crippen LogP contribution in [0.3, 0.4) is 0 Å². The van der Waals surface area contributed by atoms with Gasteiger partial charge in [-0.05, 0) is 61.4 Å². The monoisotopic (exact) mass is 377 g/mol. The Morgan fingerprint density at radius 2 is 1.86 bits per heavy atom. The number of nitrogens with one attached hydrogen (secondary N) is 2. The first-order valence-electron chi connectivity index (χ1n) is 9.15. The summed E-state index contributed by atoms with van der Waals surface area (Å²) in [7, 11) is 1.58. The summed E-state index contributed by atoms with van der Waals surface area (Å²) in [6.45, 7) is 2.42. The molecule has 0 aliphatic rings. The van der Waals surface area contributed by atoms with Crippen molar-refractivity contribution in [1.82, 2.24) is 10.3 Å². The molecule has 2 aromatic carbocycles. The number of benzene rings is 2. The predicted molar refractivity (Wildman–Crippen MR) is 110 cm³/mol. The molecule has 3 aromatic rings. The summed E-state index contributed by atoms with van der Waals surface area (Å²) in [6, 6.07) is 14.5. The summed E-state index contributed by atoms with van der Waals surface area (Å²) < 4.78 is 5.08. The SMILES string of the molecule is COc1ccc(C(=O)NCCCC(=O)Nc2ccc(C)c3ncccc23)cc1. The van der Waals surface area contributed by atoms with Gasteiger partial charge in [-0.15, -0.1) is 0 Å². The third kappa shape index (κ3) is 4.65. The van der Waals surface area contributed by atoms with E-state index < -0.39 is 0 Å². The van der Waals surface area contributed by atoms with E-state index in [4.69, 9.17) is 4.74 Å². The molecule has 0 fully saturated rings. The van der Waals surface area contributed by atoms with Gasteiger partial charge in [0.2, 0.25) is 5.91 Å². The zero-order valence-corrected chi connectivity index (χ0v) is 16.0. The molecular weight excluding hydrogens is 354 g/mol. The minimum atomic E-state index is -0.168. The molecule has 0 aliphatic carbocycles. The lowest BCUT2D eigenvalue weighted by Crippen LogP contribution is -2.25. The Bertz CT molecular complexity index is 984. The van der Waals surface area contributed by atoms with Crippen molar-refractivity contribution >= 4 is 28.4 Å². The third-order valence-electron chi connectivity index (χ3n) is 4.46. The van der Waals surface area contributed by atoms with Gasteiger partial charge in [0.05, 0.1) is 18.3 Å². The molecule has 28 heavy (non-hydrogen) atoms. The van der Waals surface area contributed by atoms with E-state index in [0.29, 0.717) is 30.7 Å². The van der Waals surface area contributed by atoms with Gasteiger partial charge >= 0.3 is 0 Å². The van der Waals surface area contributed by atoms with Crippen LogP contribution in [0.15, 0.2) is 54.7 Å². The highest BCUT2D eigenvalue weighted by Crippen LogP contribution is 2.24. The van der Waals surface area contributed by atoms with Gasteiger partial charge in [-0.25, -0.2) is 0 Å². The molecule has 0 saturated carbocycles. The summed E-state index contributed by atoms with van der Waals surface area (Å²) in [5.74, 6) is 0.443. The molecule has 6 nitrogen and oxygen atoms in total. The number of nitrogens with zero attached hydrogens (tertiary/aromatic N) is 1. The second-order valence-corrected chi connectivity index (χ2v) is 6.47. The molecule has 0 aliphatic heterocycles. The summed E-state index contributed by atoms with van der Waals surface area (Å²) >= 11 is 0. The molecule has 1 heterocycles. The van der Waals surface area contributed by atoms with Gasteiger partial charge in [0.25, 0.3) is 5.91 Å². The van der Waals surface area contributed by atoms with Crippen LogP contribution in [0.1, 0.15) is 28.8 Å². The summed E-state index contributed by atoms with van der Waals surface area (Å²) in [5.41, 5.74) is 3.26. The van der Waals surface area contributed by atoms with Gasteiger partial charge in [-0.1, -0.05) is 6.07 Å². The molecule has 3 rings (SSSR count). The van der Waals surface area contributed by atoms with Crippen LogP contribution in [0, 0.1) is 6.92 Å². The van der Waals surface area contributed by atoms with Crippen LogP contribution >= 0.6 is 0 Å². The van der Waals surface area contributed by atoms with Crippen molar-refractivity contribution in [2.45, 2.75) is 19.8 Å². The number of aromatic nitrogens is 1. The Balaban J connectivity index is 1.48. The number of amides is 2. The molecule has 0 unspecified atom stereocenters. The van der Waals surface area contributed by atoms with Crippen molar-refractivity contribution in [1.29, 1.82) is 0 Å². The smallest absolute Gasteiger partial charge is 0.251 e. The van der Waals surface area contributed by atoms with Crippen LogP contribution in [0.5, 0.6) is 5.75 Å². The van der Waals surface area contributed by atoms with Crippen molar-refractivity contribution in [2.24, 2.45) is 0 Å². The fraction of sp³-hybridized carbons (Fsp3) is 0.227. The topological polar surface area (TPSA) is 80.3 Å². The number of hydrogen-bond donors (Lipinski definition) is 2. The van der Waals surface area contributed by atoms with Crippen LogP contribution < -0.4 is 15.4 Å². The predicted octanol–water partition coefficient (Wildman–Crippen LogP) is 3.70. The fourth-order valence-electron chi connectivity index (χ4n) is 2.93. The van der Waals surface area contributed by atoms with E-state index in [1.54, 1.807) is 37.6 Å². The van der Waals surface area contributed by atoms with E-state index in [0.717, 1.165) is 22.2 Å². The number of carbonyl (C=O) groups excluding carboxylic acids is 2. The molecular formula is C22H23N3O3. The van der Waals surface area contributed by atoms with Crippen LogP contribution in [0.4, 0.5) is 5.69 Å². The van der Waals surface area contributed by atoms with E-state index in [1.165, 1.54) is 0 Å². The van der Waals surface area contributed by atoms with Crippen LogP contribution in [0.25, 0.3) is 10.9 Å². The van der Waals surface area contributed by atoms with Gasteiger partial charge in [-0.3, -0.25) is 14.6 Å². The van der Waals surface area contributed by atoms with Gasteiger partial charge in [-0.2, -0.15) is 0 Å². The Morgan fingerprint density at radius 1 is 1.07 bits per heavy atom. The van der Waals surface area contributed by atoms with E-state index in [9.17, 15) is 9.59 Å². The molecule has 6 heteroatoms. The molecule has 1 aromatic heterocycles.